The number of aromatic nitrogens is 4. The predicted molar refractivity (Wildman–Crippen MR) is 105 cm³/mol. The summed E-state index contributed by atoms with van der Waals surface area (Å²) in [6.07, 6.45) is 5.91. The van der Waals surface area contributed by atoms with Crippen LogP contribution in [0.5, 0.6) is 0 Å². The van der Waals surface area contributed by atoms with Crippen molar-refractivity contribution in [2.45, 2.75) is 25.9 Å². The van der Waals surface area contributed by atoms with Crippen LogP contribution in [-0.4, -0.2) is 30.4 Å². The van der Waals surface area contributed by atoms with E-state index in [2.05, 4.69) is 15.5 Å². The molecule has 3 rings (SSSR count). The Morgan fingerprint density at radius 1 is 1.25 bits per heavy atom. The Bertz CT molecular complexity index is 996. The fraction of sp³-hybridized carbons (Fsp3) is 0.235. The van der Waals surface area contributed by atoms with Crippen molar-refractivity contribution in [3.63, 3.8) is 0 Å². The first-order valence-electron chi connectivity index (χ1n) is 8.33. The normalized spacial score (nSPS) is 12.0. The van der Waals surface area contributed by atoms with Crippen LogP contribution in [0, 0.1) is 10.1 Å². The summed E-state index contributed by atoms with van der Waals surface area (Å²) in [4.78, 5) is 22.8. The van der Waals surface area contributed by atoms with Gasteiger partial charge in [0, 0.05) is 21.8 Å². The summed E-state index contributed by atoms with van der Waals surface area (Å²) in [6.45, 7) is 2.14. The van der Waals surface area contributed by atoms with Crippen LogP contribution in [0.15, 0.2) is 43.0 Å². The first kappa shape index (κ1) is 19.8. The second-order valence-corrected chi connectivity index (χ2v) is 6.79. The number of carbonyl (C=O) groups is 1. The number of rotatable bonds is 7. The van der Waals surface area contributed by atoms with Gasteiger partial charge in [0.1, 0.15) is 18.4 Å². The Balaban J connectivity index is 1.71. The number of benzene rings is 1. The maximum Gasteiger partial charge on any atom is 0.307 e. The largest absolute Gasteiger partial charge is 0.322 e. The molecule has 0 aliphatic heterocycles. The van der Waals surface area contributed by atoms with Crippen molar-refractivity contribution in [3.8, 4) is 0 Å². The van der Waals surface area contributed by atoms with Crippen molar-refractivity contribution >= 4 is 40.5 Å². The van der Waals surface area contributed by atoms with Crippen LogP contribution < -0.4 is 5.32 Å². The Labute approximate surface area is 170 Å². The van der Waals surface area contributed by atoms with Gasteiger partial charge in [0.25, 0.3) is 0 Å². The number of anilines is 1. The molecule has 2 heterocycles. The number of halogens is 2. The Morgan fingerprint density at radius 2 is 1.96 bits per heavy atom. The van der Waals surface area contributed by atoms with Crippen LogP contribution in [0.2, 0.25) is 10.0 Å². The van der Waals surface area contributed by atoms with Crippen LogP contribution in [-0.2, 0) is 11.3 Å². The predicted octanol–water partition coefficient (Wildman–Crippen LogP) is 3.93. The zero-order valence-electron chi connectivity index (χ0n) is 14.7. The highest BCUT2D eigenvalue weighted by Crippen LogP contribution is 2.25. The fourth-order valence-electron chi connectivity index (χ4n) is 2.67. The summed E-state index contributed by atoms with van der Waals surface area (Å²) in [5.74, 6) is -0.351. The van der Waals surface area contributed by atoms with E-state index in [1.807, 2.05) is 0 Å². The maximum atomic E-state index is 12.6. The lowest BCUT2D eigenvalue weighted by molar-refractivity contribution is -0.385. The average molecular weight is 423 g/mol. The van der Waals surface area contributed by atoms with Crippen molar-refractivity contribution in [2.75, 3.05) is 5.32 Å². The van der Waals surface area contributed by atoms with Crippen molar-refractivity contribution in [2.24, 2.45) is 0 Å². The number of amides is 1. The smallest absolute Gasteiger partial charge is 0.307 e. The number of hydrogen-bond donors (Lipinski definition) is 1. The summed E-state index contributed by atoms with van der Waals surface area (Å²) in [5, 5.41) is 22.7. The molecule has 0 aliphatic carbocycles. The molecule has 9 nitrogen and oxygen atoms in total. The van der Waals surface area contributed by atoms with Crippen LogP contribution in [0.4, 0.5) is 11.4 Å². The minimum absolute atomic E-state index is 0.171. The molecule has 1 N–H and O–H groups in total. The standard InChI is InChI=1S/C17H16Cl2N6O3/c1-2-16(24-9-12(7-21-24)25(27)28)17(26)22-11-6-20-23(8-11)10-13-14(18)4-3-5-15(13)19/h3-9,16H,2,10H2,1H3,(H,22,26). The highest BCUT2D eigenvalue weighted by Gasteiger charge is 2.22. The zero-order valence-corrected chi connectivity index (χ0v) is 16.3. The van der Waals surface area contributed by atoms with Gasteiger partial charge in [-0.2, -0.15) is 10.2 Å². The number of hydrogen-bond acceptors (Lipinski definition) is 5. The Kier molecular flexibility index (Phi) is 5.96. The third-order valence-electron chi connectivity index (χ3n) is 4.09. The molecule has 0 saturated heterocycles. The van der Waals surface area contributed by atoms with Gasteiger partial charge >= 0.3 is 5.69 Å². The first-order valence-corrected chi connectivity index (χ1v) is 9.09. The molecule has 0 aliphatic rings. The third kappa shape index (κ3) is 4.32. The van der Waals surface area contributed by atoms with Crippen molar-refractivity contribution in [1.29, 1.82) is 0 Å². The van der Waals surface area contributed by atoms with E-state index in [-0.39, 0.29) is 11.6 Å². The molecule has 146 valence electrons. The molecule has 1 aromatic carbocycles. The molecule has 3 aromatic rings. The van der Waals surface area contributed by atoms with E-state index in [0.717, 1.165) is 11.8 Å². The highest BCUT2D eigenvalue weighted by atomic mass is 35.5. The lowest BCUT2D eigenvalue weighted by atomic mass is 10.2. The summed E-state index contributed by atoms with van der Waals surface area (Å²) in [6, 6.07) is 4.55. The molecule has 1 unspecified atom stereocenters. The van der Waals surface area contributed by atoms with Crippen LogP contribution in [0.1, 0.15) is 24.9 Å². The van der Waals surface area contributed by atoms with E-state index < -0.39 is 11.0 Å². The van der Waals surface area contributed by atoms with E-state index in [1.54, 1.807) is 36.0 Å². The van der Waals surface area contributed by atoms with Gasteiger partial charge in [-0.1, -0.05) is 36.2 Å². The minimum atomic E-state index is -0.685. The lowest BCUT2D eigenvalue weighted by Gasteiger charge is -2.14. The van der Waals surface area contributed by atoms with Crippen LogP contribution in [0.3, 0.4) is 0 Å². The molecule has 0 saturated carbocycles. The van der Waals surface area contributed by atoms with Crippen LogP contribution in [0.25, 0.3) is 0 Å². The number of carbonyl (C=O) groups excluding carboxylic acids is 1. The van der Waals surface area contributed by atoms with Gasteiger partial charge in [-0.3, -0.25) is 24.3 Å². The average Bonchev–Trinajstić information content (AvgIpc) is 3.29. The van der Waals surface area contributed by atoms with Crippen molar-refractivity contribution < 1.29 is 9.72 Å². The van der Waals surface area contributed by atoms with Gasteiger partial charge in [-0.05, 0) is 18.6 Å². The van der Waals surface area contributed by atoms with Gasteiger partial charge in [0.15, 0.2) is 0 Å². The van der Waals surface area contributed by atoms with Crippen LogP contribution >= 0.6 is 23.2 Å². The summed E-state index contributed by atoms with van der Waals surface area (Å²) < 4.78 is 2.88. The monoisotopic (exact) mass is 422 g/mol. The first-order chi connectivity index (χ1) is 13.4. The van der Waals surface area contributed by atoms with E-state index in [1.165, 1.54) is 17.1 Å². The van der Waals surface area contributed by atoms with Crippen molar-refractivity contribution in [3.05, 3.63) is 68.7 Å². The molecule has 28 heavy (non-hydrogen) atoms. The molecule has 0 fully saturated rings. The molecule has 0 bridgehead atoms. The van der Waals surface area contributed by atoms with Gasteiger partial charge in [-0.25, -0.2) is 0 Å². The van der Waals surface area contributed by atoms with E-state index in [9.17, 15) is 14.9 Å². The Hall–Kier alpha value is -2.91. The summed E-state index contributed by atoms with van der Waals surface area (Å²) in [5.41, 5.74) is 1.03. The van der Waals surface area contributed by atoms with Gasteiger partial charge in [0.05, 0.1) is 23.4 Å². The van der Waals surface area contributed by atoms with Gasteiger partial charge < -0.3 is 5.32 Å². The minimum Gasteiger partial charge on any atom is -0.322 e. The second kappa shape index (κ2) is 8.41. The summed E-state index contributed by atoms with van der Waals surface area (Å²) in [7, 11) is 0. The lowest BCUT2D eigenvalue weighted by Crippen LogP contribution is -2.25. The second-order valence-electron chi connectivity index (χ2n) is 5.98. The molecule has 11 heteroatoms. The highest BCUT2D eigenvalue weighted by molar-refractivity contribution is 6.35. The van der Waals surface area contributed by atoms with E-state index >= 15 is 0 Å². The molecule has 1 amide bonds. The summed E-state index contributed by atoms with van der Waals surface area (Å²) >= 11 is 12.3. The topological polar surface area (TPSA) is 108 Å². The van der Waals surface area contributed by atoms with E-state index in [0.29, 0.717) is 28.7 Å². The number of nitrogens with zero attached hydrogens (tertiary/aromatic N) is 5. The molecule has 2 aromatic heterocycles. The Morgan fingerprint density at radius 3 is 2.57 bits per heavy atom. The molecule has 0 spiro atoms. The number of nitro groups is 1. The third-order valence-corrected chi connectivity index (χ3v) is 4.80. The zero-order chi connectivity index (χ0) is 20.3. The van der Waals surface area contributed by atoms with E-state index in [4.69, 9.17) is 23.2 Å². The fourth-order valence-corrected chi connectivity index (χ4v) is 3.19. The number of nitrogens with one attached hydrogen (secondary N) is 1. The quantitative estimate of drug-likeness (QED) is 0.458. The molecular formula is C17H16Cl2N6O3. The van der Waals surface area contributed by atoms with Crippen molar-refractivity contribution in [1.82, 2.24) is 19.6 Å². The molecular weight excluding hydrogens is 407 g/mol. The SMILES string of the molecule is CCC(C(=O)Nc1cnn(Cc2c(Cl)cccc2Cl)c1)n1cc([N+](=O)[O-])cn1. The van der Waals surface area contributed by atoms with Gasteiger partial charge in [0.2, 0.25) is 5.91 Å². The van der Waals surface area contributed by atoms with Gasteiger partial charge in [-0.15, -0.1) is 0 Å². The molecule has 1 atom stereocenters. The molecule has 0 radical (unpaired) electrons. The maximum absolute atomic E-state index is 12.6.